The van der Waals surface area contributed by atoms with Crippen molar-refractivity contribution >= 4 is 21.6 Å². The molecule has 3 heteroatoms. The number of halogens is 1. The Morgan fingerprint density at radius 2 is 2.18 bits per heavy atom. The second-order valence-corrected chi connectivity index (χ2v) is 5.89. The number of rotatable bonds is 2. The van der Waals surface area contributed by atoms with Crippen molar-refractivity contribution in [2.24, 2.45) is 5.73 Å². The van der Waals surface area contributed by atoms with Gasteiger partial charge in [-0.1, -0.05) is 22.0 Å². The van der Waals surface area contributed by atoms with Crippen LogP contribution in [0.5, 0.6) is 0 Å². The summed E-state index contributed by atoms with van der Waals surface area (Å²) < 4.78 is 1.13. The fraction of sp³-hybridized carbons (Fsp3) is 0.571. The smallest absolute Gasteiger partial charge is 0.0380 e. The number of hydrogen-bond acceptors (Lipinski definition) is 2. The molecule has 0 aliphatic carbocycles. The maximum Gasteiger partial charge on any atom is 0.0380 e. The van der Waals surface area contributed by atoms with Crippen molar-refractivity contribution in [2.75, 3.05) is 11.4 Å². The fourth-order valence-corrected chi connectivity index (χ4v) is 3.27. The quantitative estimate of drug-likeness (QED) is 0.898. The van der Waals surface area contributed by atoms with Crippen LogP contribution in [0.1, 0.15) is 44.7 Å². The monoisotopic (exact) mass is 296 g/mol. The van der Waals surface area contributed by atoms with Crippen LogP contribution in [-0.4, -0.2) is 12.6 Å². The first-order valence-electron chi connectivity index (χ1n) is 6.41. The standard InChI is InChI=1S/C14H21BrN2/c1-10-5-3-4-8-17(10)12-6-7-13(11(2)16)14(15)9-12/h6-7,9-11H,3-5,8,16H2,1-2H3/t10?,11-/m0/s1. The van der Waals surface area contributed by atoms with Crippen molar-refractivity contribution in [1.82, 2.24) is 0 Å². The first kappa shape index (κ1) is 12.9. The van der Waals surface area contributed by atoms with Gasteiger partial charge in [-0.2, -0.15) is 0 Å². The number of benzene rings is 1. The summed E-state index contributed by atoms with van der Waals surface area (Å²) in [7, 11) is 0. The molecule has 0 radical (unpaired) electrons. The first-order valence-corrected chi connectivity index (χ1v) is 7.20. The van der Waals surface area contributed by atoms with Gasteiger partial charge in [0.05, 0.1) is 0 Å². The molecular weight excluding hydrogens is 276 g/mol. The van der Waals surface area contributed by atoms with E-state index in [2.05, 4.69) is 46.0 Å². The Kier molecular flexibility index (Phi) is 4.10. The van der Waals surface area contributed by atoms with E-state index in [4.69, 9.17) is 5.73 Å². The highest BCUT2D eigenvalue weighted by Crippen LogP contribution is 2.30. The Hall–Kier alpha value is -0.540. The Balaban J connectivity index is 2.24. The van der Waals surface area contributed by atoms with Crippen LogP contribution in [-0.2, 0) is 0 Å². The summed E-state index contributed by atoms with van der Waals surface area (Å²) in [6.45, 7) is 5.50. The van der Waals surface area contributed by atoms with Crippen molar-refractivity contribution in [1.29, 1.82) is 0 Å². The van der Waals surface area contributed by atoms with Gasteiger partial charge in [-0.25, -0.2) is 0 Å². The molecule has 0 aromatic heterocycles. The molecule has 2 atom stereocenters. The zero-order chi connectivity index (χ0) is 12.4. The zero-order valence-corrected chi connectivity index (χ0v) is 12.2. The Bertz CT molecular complexity index is 390. The van der Waals surface area contributed by atoms with E-state index in [-0.39, 0.29) is 6.04 Å². The third kappa shape index (κ3) is 2.83. The minimum atomic E-state index is 0.0807. The van der Waals surface area contributed by atoms with Crippen LogP contribution in [0.15, 0.2) is 22.7 Å². The normalized spacial score (nSPS) is 22.6. The zero-order valence-electron chi connectivity index (χ0n) is 10.6. The van der Waals surface area contributed by atoms with Crippen LogP contribution in [0, 0.1) is 0 Å². The summed E-state index contributed by atoms with van der Waals surface area (Å²) in [6, 6.07) is 7.28. The molecule has 1 fully saturated rings. The van der Waals surface area contributed by atoms with Gasteiger partial charge in [-0.3, -0.25) is 0 Å². The van der Waals surface area contributed by atoms with Gasteiger partial charge in [0.2, 0.25) is 0 Å². The van der Waals surface area contributed by atoms with E-state index in [1.165, 1.54) is 37.1 Å². The summed E-state index contributed by atoms with van der Waals surface area (Å²) >= 11 is 3.63. The molecule has 2 rings (SSSR count). The largest absolute Gasteiger partial charge is 0.369 e. The highest BCUT2D eigenvalue weighted by Gasteiger charge is 2.19. The Morgan fingerprint density at radius 3 is 2.76 bits per heavy atom. The second kappa shape index (κ2) is 5.40. The van der Waals surface area contributed by atoms with Crippen LogP contribution < -0.4 is 10.6 Å². The maximum atomic E-state index is 5.93. The summed E-state index contributed by atoms with van der Waals surface area (Å²) in [5, 5.41) is 0. The second-order valence-electron chi connectivity index (χ2n) is 5.03. The summed E-state index contributed by atoms with van der Waals surface area (Å²) in [5.74, 6) is 0. The highest BCUT2D eigenvalue weighted by molar-refractivity contribution is 9.10. The van der Waals surface area contributed by atoms with E-state index in [0.29, 0.717) is 6.04 Å². The van der Waals surface area contributed by atoms with E-state index in [9.17, 15) is 0 Å². The molecule has 17 heavy (non-hydrogen) atoms. The van der Waals surface area contributed by atoms with Crippen LogP contribution in [0.4, 0.5) is 5.69 Å². The molecule has 2 nitrogen and oxygen atoms in total. The van der Waals surface area contributed by atoms with Crippen molar-refractivity contribution in [2.45, 2.75) is 45.2 Å². The van der Waals surface area contributed by atoms with E-state index in [1.54, 1.807) is 0 Å². The molecule has 2 N–H and O–H groups in total. The average molecular weight is 297 g/mol. The molecule has 1 aliphatic heterocycles. The number of piperidine rings is 1. The maximum absolute atomic E-state index is 5.93. The van der Waals surface area contributed by atoms with Gasteiger partial charge >= 0.3 is 0 Å². The highest BCUT2D eigenvalue weighted by atomic mass is 79.9. The molecule has 1 aliphatic rings. The van der Waals surface area contributed by atoms with E-state index >= 15 is 0 Å². The van der Waals surface area contributed by atoms with Crippen molar-refractivity contribution in [3.05, 3.63) is 28.2 Å². The van der Waals surface area contributed by atoms with E-state index in [0.717, 1.165) is 4.47 Å². The molecule has 1 heterocycles. The molecule has 94 valence electrons. The predicted molar refractivity (Wildman–Crippen MR) is 77.4 cm³/mol. The fourth-order valence-electron chi connectivity index (χ4n) is 2.55. The number of nitrogens with two attached hydrogens (primary N) is 1. The molecule has 0 spiro atoms. The molecule has 0 saturated carbocycles. The third-order valence-corrected chi connectivity index (χ3v) is 4.30. The lowest BCUT2D eigenvalue weighted by atomic mass is 10.0. The third-order valence-electron chi connectivity index (χ3n) is 3.61. The lowest BCUT2D eigenvalue weighted by Gasteiger charge is -2.35. The van der Waals surface area contributed by atoms with Gasteiger partial charge in [-0.15, -0.1) is 0 Å². The van der Waals surface area contributed by atoms with E-state index in [1.807, 2.05) is 6.92 Å². The van der Waals surface area contributed by atoms with Crippen molar-refractivity contribution in [3.8, 4) is 0 Å². The van der Waals surface area contributed by atoms with Crippen molar-refractivity contribution in [3.63, 3.8) is 0 Å². The van der Waals surface area contributed by atoms with Crippen LogP contribution in [0.3, 0.4) is 0 Å². The molecule has 0 amide bonds. The van der Waals surface area contributed by atoms with Gasteiger partial charge in [0.1, 0.15) is 0 Å². The van der Waals surface area contributed by atoms with Gasteiger partial charge in [0, 0.05) is 28.8 Å². The molecule has 1 aromatic rings. The molecule has 0 bridgehead atoms. The minimum Gasteiger partial charge on any atom is -0.369 e. The number of anilines is 1. The molecular formula is C14H21BrN2. The molecule has 1 aromatic carbocycles. The van der Waals surface area contributed by atoms with Crippen molar-refractivity contribution < 1.29 is 0 Å². The van der Waals surface area contributed by atoms with Crippen LogP contribution >= 0.6 is 15.9 Å². The van der Waals surface area contributed by atoms with Crippen LogP contribution in [0.25, 0.3) is 0 Å². The lowest BCUT2D eigenvalue weighted by molar-refractivity contribution is 0.485. The van der Waals surface area contributed by atoms with Gasteiger partial charge < -0.3 is 10.6 Å². The Labute approximate surface area is 112 Å². The SMILES string of the molecule is CC1CCCCN1c1ccc([C@H](C)N)c(Br)c1. The lowest BCUT2D eigenvalue weighted by Crippen LogP contribution is -2.37. The van der Waals surface area contributed by atoms with Gasteiger partial charge in [0.25, 0.3) is 0 Å². The number of nitrogens with zero attached hydrogens (tertiary/aromatic N) is 1. The average Bonchev–Trinajstić information content (AvgIpc) is 2.29. The van der Waals surface area contributed by atoms with Crippen LogP contribution in [0.2, 0.25) is 0 Å². The van der Waals surface area contributed by atoms with E-state index < -0.39 is 0 Å². The van der Waals surface area contributed by atoms with Gasteiger partial charge in [0.15, 0.2) is 0 Å². The first-order chi connectivity index (χ1) is 8.09. The van der Waals surface area contributed by atoms with Gasteiger partial charge in [-0.05, 0) is 50.8 Å². The topological polar surface area (TPSA) is 29.3 Å². The Morgan fingerprint density at radius 1 is 1.41 bits per heavy atom. The minimum absolute atomic E-state index is 0.0807. The number of hydrogen-bond donors (Lipinski definition) is 1. The molecule has 1 saturated heterocycles. The summed E-state index contributed by atoms with van der Waals surface area (Å²) in [5.41, 5.74) is 8.42. The summed E-state index contributed by atoms with van der Waals surface area (Å²) in [6.07, 6.45) is 3.96. The predicted octanol–water partition coefficient (Wildman–Crippen LogP) is 3.85. The summed E-state index contributed by atoms with van der Waals surface area (Å²) in [4.78, 5) is 2.50. The molecule has 1 unspecified atom stereocenters.